The molecule has 0 atom stereocenters. The van der Waals surface area contributed by atoms with Crippen LogP contribution in [-0.2, 0) is 13.0 Å². The van der Waals surface area contributed by atoms with Gasteiger partial charge in [0.1, 0.15) is 0 Å². The van der Waals surface area contributed by atoms with Crippen molar-refractivity contribution in [2.75, 3.05) is 0 Å². The summed E-state index contributed by atoms with van der Waals surface area (Å²) in [6.45, 7) is 7.03. The first kappa shape index (κ1) is 11.1. The van der Waals surface area contributed by atoms with E-state index in [9.17, 15) is 5.11 Å². The first-order valence-electron chi connectivity index (χ1n) is 5.45. The van der Waals surface area contributed by atoms with Gasteiger partial charge in [0, 0.05) is 12.1 Å². The maximum absolute atomic E-state index is 9.77. The Morgan fingerprint density at radius 3 is 2.57 bits per heavy atom. The minimum Gasteiger partial charge on any atom is -0.493 e. The number of aryl methyl sites for hydroxylation is 2. The fraction of sp³-hybridized carbons (Fsp3) is 0.727. The zero-order valence-corrected chi connectivity index (χ0v) is 9.38. The van der Waals surface area contributed by atoms with E-state index in [0.717, 1.165) is 43.5 Å². The standard InChI is InChI=1S/C11H20N2O/c1-4-6-8-13-11(14)9(3)10(12-13)7-5-2/h14H,4-8H2,1-3H3. The van der Waals surface area contributed by atoms with Gasteiger partial charge in [0.15, 0.2) is 0 Å². The highest BCUT2D eigenvalue weighted by Gasteiger charge is 2.11. The smallest absolute Gasteiger partial charge is 0.212 e. The molecule has 0 saturated carbocycles. The van der Waals surface area contributed by atoms with Crippen LogP contribution in [0.15, 0.2) is 0 Å². The van der Waals surface area contributed by atoms with Crippen molar-refractivity contribution in [1.29, 1.82) is 0 Å². The highest BCUT2D eigenvalue weighted by atomic mass is 16.3. The summed E-state index contributed by atoms with van der Waals surface area (Å²) in [6, 6.07) is 0. The molecular weight excluding hydrogens is 176 g/mol. The van der Waals surface area contributed by atoms with Gasteiger partial charge in [-0.3, -0.25) is 0 Å². The number of rotatable bonds is 5. The average molecular weight is 196 g/mol. The molecule has 1 aromatic rings. The first-order valence-corrected chi connectivity index (χ1v) is 5.45. The van der Waals surface area contributed by atoms with Gasteiger partial charge in [0.25, 0.3) is 0 Å². The summed E-state index contributed by atoms with van der Waals surface area (Å²) in [6.07, 6.45) is 4.23. The molecule has 0 spiro atoms. The fourth-order valence-corrected chi connectivity index (χ4v) is 1.53. The van der Waals surface area contributed by atoms with Crippen molar-refractivity contribution in [1.82, 2.24) is 9.78 Å². The van der Waals surface area contributed by atoms with Gasteiger partial charge in [-0.15, -0.1) is 0 Å². The summed E-state index contributed by atoms with van der Waals surface area (Å²) in [7, 11) is 0. The Kier molecular flexibility index (Phi) is 3.98. The van der Waals surface area contributed by atoms with Crippen molar-refractivity contribution in [2.45, 2.75) is 53.0 Å². The van der Waals surface area contributed by atoms with Crippen LogP contribution in [0.1, 0.15) is 44.4 Å². The Hall–Kier alpha value is -0.990. The van der Waals surface area contributed by atoms with Crippen LogP contribution in [0, 0.1) is 6.92 Å². The van der Waals surface area contributed by atoms with E-state index in [2.05, 4.69) is 18.9 Å². The van der Waals surface area contributed by atoms with Gasteiger partial charge in [0.05, 0.1) is 5.69 Å². The zero-order chi connectivity index (χ0) is 10.6. The lowest BCUT2D eigenvalue weighted by atomic mass is 10.2. The van der Waals surface area contributed by atoms with Crippen LogP contribution >= 0.6 is 0 Å². The van der Waals surface area contributed by atoms with Crippen LogP contribution in [-0.4, -0.2) is 14.9 Å². The average Bonchev–Trinajstić information content (AvgIpc) is 2.44. The van der Waals surface area contributed by atoms with Gasteiger partial charge in [0.2, 0.25) is 5.88 Å². The second-order valence-electron chi connectivity index (χ2n) is 3.72. The lowest BCUT2D eigenvalue weighted by molar-refractivity contribution is 0.390. The second-order valence-corrected chi connectivity index (χ2v) is 3.72. The summed E-state index contributed by atoms with van der Waals surface area (Å²) >= 11 is 0. The van der Waals surface area contributed by atoms with Crippen molar-refractivity contribution in [3.63, 3.8) is 0 Å². The molecule has 0 aliphatic rings. The van der Waals surface area contributed by atoms with E-state index >= 15 is 0 Å². The van der Waals surface area contributed by atoms with Gasteiger partial charge in [-0.05, 0) is 19.8 Å². The van der Waals surface area contributed by atoms with Crippen molar-refractivity contribution in [2.24, 2.45) is 0 Å². The summed E-state index contributed by atoms with van der Waals surface area (Å²) in [5.74, 6) is 0.349. The number of unbranched alkanes of at least 4 members (excludes halogenated alkanes) is 1. The van der Waals surface area contributed by atoms with E-state index in [0.29, 0.717) is 5.88 Å². The monoisotopic (exact) mass is 196 g/mol. The van der Waals surface area contributed by atoms with Crippen molar-refractivity contribution >= 4 is 0 Å². The molecule has 0 saturated heterocycles. The molecule has 80 valence electrons. The normalized spacial score (nSPS) is 10.8. The molecule has 0 bridgehead atoms. The first-order chi connectivity index (χ1) is 6.70. The van der Waals surface area contributed by atoms with E-state index in [1.165, 1.54) is 0 Å². The minimum atomic E-state index is 0.349. The second kappa shape index (κ2) is 5.03. The lowest BCUT2D eigenvalue weighted by Gasteiger charge is -2.00. The van der Waals surface area contributed by atoms with Crippen LogP contribution in [0.5, 0.6) is 5.88 Å². The molecule has 0 aromatic carbocycles. The predicted octanol–water partition coefficient (Wildman–Crippen LogP) is 2.65. The largest absolute Gasteiger partial charge is 0.493 e. The molecule has 1 rings (SSSR count). The van der Waals surface area contributed by atoms with E-state index in [1.807, 2.05) is 6.92 Å². The van der Waals surface area contributed by atoms with Crippen LogP contribution in [0.3, 0.4) is 0 Å². The van der Waals surface area contributed by atoms with Crippen molar-refractivity contribution in [3.05, 3.63) is 11.3 Å². The molecule has 3 heteroatoms. The van der Waals surface area contributed by atoms with Gasteiger partial charge in [-0.25, -0.2) is 4.68 Å². The Balaban J connectivity index is 2.79. The SMILES string of the molecule is CCCCn1nc(CCC)c(C)c1O. The van der Waals surface area contributed by atoms with E-state index in [4.69, 9.17) is 0 Å². The Morgan fingerprint density at radius 2 is 2.00 bits per heavy atom. The molecule has 0 amide bonds. The van der Waals surface area contributed by atoms with Crippen LogP contribution in [0.2, 0.25) is 0 Å². The molecular formula is C11H20N2O. The maximum Gasteiger partial charge on any atom is 0.212 e. The summed E-state index contributed by atoms with van der Waals surface area (Å²) in [5, 5.41) is 14.2. The number of aromatic nitrogens is 2. The van der Waals surface area contributed by atoms with Crippen molar-refractivity contribution < 1.29 is 5.11 Å². The molecule has 1 aromatic heterocycles. The van der Waals surface area contributed by atoms with Crippen LogP contribution in [0.4, 0.5) is 0 Å². The van der Waals surface area contributed by atoms with Gasteiger partial charge >= 0.3 is 0 Å². The zero-order valence-electron chi connectivity index (χ0n) is 9.38. The molecule has 1 heterocycles. The molecule has 0 aliphatic heterocycles. The maximum atomic E-state index is 9.77. The highest BCUT2D eigenvalue weighted by molar-refractivity contribution is 5.28. The Labute approximate surface area is 85.8 Å². The van der Waals surface area contributed by atoms with E-state index in [-0.39, 0.29) is 0 Å². The van der Waals surface area contributed by atoms with Gasteiger partial charge in [-0.1, -0.05) is 26.7 Å². The topological polar surface area (TPSA) is 38.0 Å². The molecule has 1 N–H and O–H groups in total. The molecule has 0 radical (unpaired) electrons. The Morgan fingerprint density at radius 1 is 1.29 bits per heavy atom. The number of aromatic hydroxyl groups is 1. The van der Waals surface area contributed by atoms with Crippen LogP contribution < -0.4 is 0 Å². The van der Waals surface area contributed by atoms with E-state index in [1.54, 1.807) is 4.68 Å². The number of hydrogen-bond acceptors (Lipinski definition) is 2. The van der Waals surface area contributed by atoms with Gasteiger partial charge < -0.3 is 5.11 Å². The molecule has 0 unspecified atom stereocenters. The predicted molar refractivity (Wildman–Crippen MR) is 57.5 cm³/mol. The van der Waals surface area contributed by atoms with Gasteiger partial charge in [-0.2, -0.15) is 5.10 Å². The fourth-order valence-electron chi connectivity index (χ4n) is 1.53. The van der Waals surface area contributed by atoms with Crippen molar-refractivity contribution in [3.8, 4) is 5.88 Å². The number of hydrogen-bond donors (Lipinski definition) is 1. The summed E-state index contributed by atoms with van der Waals surface area (Å²) in [5.41, 5.74) is 1.99. The minimum absolute atomic E-state index is 0.349. The summed E-state index contributed by atoms with van der Waals surface area (Å²) < 4.78 is 1.73. The molecule has 0 fully saturated rings. The van der Waals surface area contributed by atoms with Crippen LogP contribution in [0.25, 0.3) is 0 Å². The molecule has 3 nitrogen and oxygen atoms in total. The van der Waals surface area contributed by atoms with E-state index < -0.39 is 0 Å². The highest BCUT2D eigenvalue weighted by Crippen LogP contribution is 2.21. The Bertz CT molecular complexity index is 292. The summed E-state index contributed by atoms with van der Waals surface area (Å²) in [4.78, 5) is 0. The molecule has 0 aliphatic carbocycles. The number of nitrogens with zero attached hydrogens (tertiary/aromatic N) is 2. The molecule has 14 heavy (non-hydrogen) atoms. The quantitative estimate of drug-likeness (QED) is 0.786. The third-order valence-electron chi connectivity index (χ3n) is 2.46. The third kappa shape index (κ3) is 2.28. The third-order valence-corrected chi connectivity index (χ3v) is 2.46. The lowest BCUT2D eigenvalue weighted by Crippen LogP contribution is -1.99.